The molecule has 0 bridgehead atoms. The number of aliphatic hydroxyl groups excluding tert-OH is 1. The van der Waals surface area contributed by atoms with Gasteiger partial charge in [0.25, 0.3) is 0 Å². The van der Waals surface area contributed by atoms with Gasteiger partial charge in [-0.05, 0) is 45.2 Å². The van der Waals surface area contributed by atoms with Gasteiger partial charge in [0, 0.05) is 5.75 Å². The molecule has 4 unspecified atom stereocenters. The SMILES string of the molecule is NCCCCC(N)C(=O)NC(CS)C(=O)NC(CO)C(=O)NC(CCCCN)C(=O)O. The van der Waals surface area contributed by atoms with E-state index in [9.17, 15) is 29.4 Å². The number of thiol groups is 1. The smallest absolute Gasteiger partial charge is 0.326 e. The van der Waals surface area contributed by atoms with Crippen LogP contribution < -0.4 is 33.2 Å². The van der Waals surface area contributed by atoms with Crippen molar-refractivity contribution < 1.29 is 29.4 Å². The lowest BCUT2D eigenvalue weighted by atomic mass is 10.1. The number of aliphatic carboxylic acids is 1. The Balaban J connectivity index is 4.86. The number of amides is 3. The van der Waals surface area contributed by atoms with Gasteiger partial charge < -0.3 is 43.4 Å². The first kappa shape index (κ1) is 29.1. The van der Waals surface area contributed by atoms with Crippen LogP contribution in [0, 0.1) is 0 Å². The highest BCUT2D eigenvalue weighted by molar-refractivity contribution is 7.80. The number of carboxylic acid groups (broad SMARTS) is 1. The molecular weight excluding hydrogens is 428 g/mol. The zero-order chi connectivity index (χ0) is 23.8. The number of unbranched alkanes of at least 4 members (excludes halogenated alkanes) is 2. The molecule has 0 heterocycles. The Bertz CT molecular complexity index is 582. The number of carbonyl (C=O) groups excluding carboxylic acids is 3. The first-order valence-corrected chi connectivity index (χ1v) is 10.9. The van der Waals surface area contributed by atoms with Crippen molar-refractivity contribution in [1.82, 2.24) is 16.0 Å². The van der Waals surface area contributed by atoms with Crippen molar-refractivity contribution in [1.29, 1.82) is 0 Å². The lowest BCUT2D eigenvalue weighted by Crippen LogP contribution is -2.58. The number of hydrogen-bond acceptors (Lipinski definition) is 9. The first-order chi connectivity index (χ1) is 14.7. The summed E-state index contributed by atoms with van der Waals surface area (Å²) >= 11 is 4.03. The Labute approximate surface area is 187 Å². The maximum absolute atomic E-state index is 12.4. The summed E-state index contributed by atoms with van der Waals surface area (Å²) in [6, 6.07) is -4.51. The van der Waals surface area contributed by atoms with E-state index < -0.39 is 54.5 Å². The zero-order valence-electron chi connectivity index (χ0n) is 17.6. The van der Waals surface area contributed by atoms with Crippen LogP contribution in [-0.4, -0.2) is 83.5 Å². The van der Waals surface area contributed by atoms with Crippen molar-refractivity contribution in [3.05, 3.63) is 0 Å². The van der Waals surface area contributed by atoms with Crippen molar-refractivity contribution in [2.75, 3.05) is 25.4 Å². The average Bonchev–Trinajstić information content (AvgIpc) is 2.74. The van der Waals surface area contributed by atoms with E-state index in [1.54, 1.807) is 0 Å². The maximum Gasteiger partial charge on any atom is 0.326 e. The molecular formula is C18H36N6O6S. The molecule has 0 aliphatic carbocycles. The Morgan fingerprint density at radius 2 is 1.26 bits per heavy atom. The van der Waals surface area contributed by atoms with Crippen molar-refractivity contribution in [3.63, 3.8) is 0 Å². The number of rotatable bonds is 17. The summed E-state index contributed by atoms with van der Waals surface area (Å²) in [5, 5.41) is 25.7. The number of nitrogens with two attached hydrogens (primary N) is 3. The number of nitrogens with one attached hydrogen (secondary N) is 3. The normalized spacial score (nSPS) is 14.7. The molecule has 4 atom stereocenters. The van der Waals surface area contributed by atoms with Gasteiger partial charge in [0.05, 0.1) is 12.6 Å². The molecule has 0 fully saturated rings. The van der Waals surface area contributed by atoms with Gasteiger partial charge in [0.15, 0.2) is 0 Å². The van der Waals surface area contributed by atoms with E-state index in [0.29, 0.717) is 45.2 Å². The largest absolute Gasteiger partial charge is 0.480 e. The lowest BCUT2D eigenvalue weighted by Gasteiger charge is -2.23. The Morgan fingerprint density at radius 1 is 0.774 bits per heavy atom. The molecule has 0 saturated heterocycles. The van der Waals surface area contributed by atoms with E-state index in [-0.39, 0.29) is 12.2 Å². The Morgan fingerprint density at radius 3 is 1.74 bits per heavy atom. The van der Waals surface area contributed by atoms with Crippen LogP contribution in [0.5, 0.6) is 0 Å². The fraction of sp³-hybridized carbons (Fsp3) is 0.778. The Kier molecular flexibility index (Phi) is 15.7. The van der Waals surface area contributed by atoms with Crippen LogP contribution >= 0.6 is 12.6 Å². The molecule has 3 amide bonds. The predicted octanol–water partition coefficient (Wildman–Crippen LogP) is -2.97. The quantitative estimate of drug-likeness (QED) is 0.0790. The lowest BCUT2D eigenvalue weighted by molar-refractivity contribution is -0.142. The monoisotopic (exact) mass is 464 g/mol. The average molecular weight is 465 g/mol. The fourth-order valence-corrected chi connectivity index (χ4v) is 2.86. The summed E-state index contributed by atoms with van der Waals surface area (Å²) in [5.41, 5.74) is 16.6. The molecule has 0 rings (SSSR count). The summed E-state index contributed by atoms with van der Waals surface area (Å²) in [6.07, 6.45) is 3.01. The number of hydrogen-bond donors (Lipinski definition) is 9. The molecule has 180 valence electrons. The third-order valence-electron chi connectivity index (χ3n) is 4.50. The van der Waals surface area contributed by atoms with Crippen molar-refractivity contribution in [2.45, 2.75) is 62.7 Å². The van der Waals surface area contributed by atoms with Crippen LogP contribution in [0.3, 0.4) is 0 Å². The van der Waals surface area contributed by atoms with E-state index in [2.05, 4.69) is 28.6 Å². The molecule has 0 radical (unpaired) electrons. The van der Waals surface area contributed by atoms with Gasteiger partial charge in [-0.3, -0.25) is 14.4 Å². The molecule has 13 heteroatoms. The van der Waals surface area contributed by atoms with Crippen LogP contribution in [0.1, 0.15) is 38.5 Å². The van der Waals surface area contributed by atoms with E-state index in [1.165, 1.54) is 0 Å². The van der Waals surface area contributed by atoms with Crippen LogP contribution in [0.4, 0.5) is 0 Å². The van der Waals surface area contributed by atoms with Crippen molar-refractivity contribution >= 4 is 36.3 Å². The second-order valence-electron chi connectivity index (χ2n) is 7.06. The molecule has 0 aromatic carbocycles. The zero-order valence-corrected chi connectivity index (χ0v) is 18.5. The standard InChI is InChI=1S/C18H36N6O6S/c19-7-3-1-5-11(21)15(26)24-14(10-31)17(28)23-13(9-25)16(27)22-12(18(29)30)6-2-4-8-20/h11-14,25,31H,1-10,19-21H2,(H,22,27)(H,23,28)(H,24,26)(H,29,30). The summed E-state index contributed by atoms with van der Waals surface area (Å²) in [6.45, 7) is 0.109. The van der Waals surface area contributed by atoms with Crippen LogP contribution in [0.2, 0.25) is 0 Å². The van der Waals surface area contributed by atoms with Crippen molar-refractivity contribution in [2.24, 2.45) is 17.2 Å². The molecule has 11 N–H and O–H groups in total. The fourth-order valence-electron chi connectivity index (χ4n) is 2.60. The molecule has 0 saturated carbocycles. The number of aliphatic hydroxyl groups is 1. The van der Waals surface area contributed by atoms with Crippen LogP contribution in [0.15, 0.2) is 0 Å². The highest BCUT2D eigenvalue weighted by Crippen LogP contribution is 2.03. The summed E-state index contributed by atoms with van der Waals surface area (Å²) in [7, 11) is 0. The van der Waals surface area contributed by atoms with E-state index in [4.69, 9.17) is 17.2 Å². The molecule has 31 heavy (non-hydrogen) atoms. The maximum atomic E-state index is 12.4. The molecule has 0 aromatic heterocycles. The summed E-state index contributed by atoms with van der Waals surface area (Å²) < 4.78 is 0. The van der Waals surface area contributed by atoms with Gasteiger partial charge in [0.1, 0.15) is 18.1 Å². The van der Waals surface area contributed by atoms with Crippen LogP contribution in [0.25, 0.3) is 0 Å². The highest BCUT2D eigenvalue weighted by Gasteiger charge is 2.29. The van der Waals surface area contributed by atoms with E-state index in [1.807, 2.05) is 0 Å². The minimum atomic E-state index is -1.40. The highest BCUT2D eigenvalue weighted by atomic mass is 32.1. The third-order valence-corrected chi connectivity index (χ3v) is 4.86. The molecule has 12 nitrogen and oxygen atoms in total. The van der Waals surface area contributed by atoms with E-state index in [0.717, 1.165) is 0 Å². The van der Waals surface area contributed by atoms with E-state index >= 15 is 0 Å². The summed E-state index contributed by atoms with van der Waals surface area (Å²) in [4.78, 5) is 48.3. The third kappa shape index (κ3) is 11.9. The summed E-state index contributed by atoms with van der Waals surface area (Å²) in [5.74, 6) is -3.50. The van der Waals surface area contributed by atoms with Gasteiger partial charge in [0.2, 0.25) is 17.7 Å². The number of carbonyl (C=O) groups is 4. The molecule has 0 spiro atoms. The minimum absolute atomic E-state index is 0.0797. The Hall–Kier alpha value is -1.93. The molecule has 0 aliphatic rings. The predicted molar refractivity (Wildman–Crippen MR) is 118 cm³/mol. The second kappa shape index (κ2) is 16.7. The molecule has 0 aliphatic heterocycles. The van der Waals surface area contributed by atoms with Gasteiger partial charge in [-0.25, -0.2) is 4.79 Å². The van der Waals surface area contributed by atoms with Gasteiger partial charge in [-0.2, -0.15) is 12.6 Å². The second-order valence-corrected chi connectivity index (χ2v) is 7.43. The van der Waals surface area contributed by atoms with Gasteiger partial charge in [-0.1, -0.05) is 6.42 Å². The first-order valence-electron chi connectivity index (χ1n) is 10.2. The van der Waals surface area contributed by atoms with Crippen LogP contribution in [-0.2, 0) is 19.2 Å². The van der Waals surface area contributed by atoms with Gasteiger partial charge in [-0.15, -0.1) is 0 Å². The van der Waals surface area contributed by atoms with Crippen molar-refractivity contribution in [3.8, 4) is 0 Å². The number of carboxylic acids is 1. The topological polar surface area (TPSA) is 223 Å². The van der Waals surface area contributed by atoms with Gasteiger partial charge >= 0.3 is 5.97 Å². The molecule has 0 aromatic rings. The minimum Gasteiger partial charge on any atom is -0.480 e.